The van der Waals surface area contributed by atoms with Gasteiger partial charge in [0.15, 0.2) is 0 Å². The van der Waals surface area contributed by atoms with Crippen molar-refractivity contribution in [3.05, 3.63) is 53.0 Å². The van der Waals surface area contributed by atoms with E-state index in [1.807, 2.05) is 25.1 Å². The Morgan fingerprint density at radius 2 is 1.94 bits per heavy atom. The number of furan rings is 1. The smallest absolute Gasteiger partial charge is 0.124 e. The van der Waals surface area contributed by atoms with Crippen LogP contribution in [0.15, 0.2) is 34.9 Å². The minimum Gasteiger partial charge on any atom is -0.497 e. The summed E-state index contributed by atoms with van der Waals surface area (Å²) in [6, 6.07) is 8.04. The van der Waals surface area contributed by atoms with Crippen molar-refractivity contribution in [2.45, 2.75) is 18.7 Å². The number of aryl methyl sites for hydroxylation is 2. The first kappa shape index (κ1) is 12.2. The Hall–Kier alpha value is -1.22. The molecule has 1 unspecified atom stereocenters. The Morgan fingerprint density at radius 3 is 2.47 bits per heavy atom. The zero-order valence-electron chi connectivity index (χ0n) is 10.2. The summed E-state index contributed by atoms with van der Waals surface area (Å²) in [4.78, 5) is 0.0865. The fraction of sp³-hybridized carbons (Fsp3) is 0.286. The van der Waals surface area contributed by atoms with Crippen LogP contribution in [0.3, 0.4) is 0 Å². The van der Waals surface area contributed by atoms with Gasteiger partial charge < -0.3 is 9.15 Å². The van der Waals surface area contributed by atoms with Crippen molar-refractivity contribution in [1.29, 1.82) is 0 Å². The van der Waals surface area contributed by atoms with Gasteiger partial charge in [-0.25, -0.2) is 0 Å². The molecule has 0 aliphatic heterocycles. The topological polar surface area (TPSA) is 22.4 Å². The van der Waals surface area contributed by atoms with Gasteiger partial charge in [-0.15, -0.1) is 0 Å². The third-order valence-corrected chi connectivity index (χ3v) is 3.79. The average molecular weight is 295 g/mol. The van der Waals surface area contributed by atoms with Gasteiger partial charge in [0.05, 0.1) is 18.2 Å². The number of ether oxygens (including phenoxy) is 1. The average Bonchev–Trinajstić information content (AvgIpc) is 2.74. The van der Waals surface area contributed by atoms with Crippen LogP contribution in [-0.4, -0.2) is 7.11 Å². The Bertz CT molecular complexity index is 517. The number of benzene rings is 1. The summed E-state index contributed by atoms with van der Waals surface area (Å²) in [5, 5.41) is 0. The SMILES string of the molecule is COc1ccc(C(Br)c2occc2C)c(C)c1. The monoisotopic (exact) mass is 294 g/mol. The highest BCUT2D eigenvalue weighted by Gasteiger charge is 2.18. The van der Waals surface area contributed by atoms with Crippen molar-refractivity contribution < 1.29 is 9.15 Å². The van der Waals surface area contributed by atoms with E-state index < -0.39 is 0 Å². The molecule has 0 saturated heterocycles. The standard InChI is InChI=1S/C14H15BrO2/c1-9-6-7-17-14(9)13(15)12-5-4-11(16-3)8-10(12)2/h4-8,13H,1-3H3. The largest absolute Gasteiger partial charge is 0.497 e. The fourth-order valence-corrected chi connectivity index (χ4v) is 2.83. The second kappa shape index (κ2) is 4.96. The molecule has 1 aromatic carbocycles. The number of hydrogen-bond acceptors (Lipinski definition) is 2. The molecule has 0 bridgehead atoms. The normalized spacial score (nSPS) is 12.5. The van der Waals surface area contributed by atoms with E-state index in [0.29, 0.717) is 0 Å². The van der Waals surface area contributed by atoms with Crippen molar-refractivity contribution in [2.75, 3.05) is 7.11 Å². The van der Waals surface area contributed by atoms with Crippen molar-refractivity contribution in [1.82, 2.24) is 0 Å². The minimum absolute atomic E-state index is 0.0865. The van der Waals surface area contributed by atoms with E-state index in [1.165, 1.54) is 11.1 Å². The van der Waals surface area contributed by atoms with Gasteiger partial charge in [0.1, 0.15) is 11.5 Å². The van der Waals surface area contributed by atoms with Gasteiger partial charge in [-0.2, -0.15) is 0 Å². The quantitative estimate of drug-likeness (QED) is 0.784. The molecular formula is C14H15BrO2. The third kappa shape index (κ3) is 2.39. The van der Waals surface area contributed by atoms with Crippen LogP contribution in [0.1, 0.15) is 27.3 Å². The number of rotatable bonds is 3. The number of hydrogen-bond donors (Lipinski definition) is 0. The molecule has 0 fully saturated rings. The number of alkyl halides is 1. The van der Waals surface area contributed by atoms with Crippen molar-refractivity contribution in [3.8, 4) is 5.75 Å². The van der Waals surface area contributed by atoms with E-state index in [4.69, 9.17) is 9.15 Å². The summed E-state index contributed by atoms with van der Waals surface area (Å²) in [6.07, 6.45) is 1.72. The number of methoxy groups -OCH3 is 1. The van der Waals surface area contributed by atoms with Crippen LogP contribution < -0.4 is 4.74 Å². The molecule has 1 heterocycles. The molecule has 1 aromatic heterocycles. The Balaban J connectivity index is 2.38. The van der Waals surface area contributed by atoms with Crippen molar-refractivity contribution in [2.24, 2.45) is 0 Å². The Labute approximate surface area is 110 Å². The lowest BCUT2D eigenvalue weighted by molar-refractivity contribution is 0.414. The van der Waals surface area contributed by atoms with Gasteiger partial charge >= 0.3 is 0 Å². The van der Waals surface area contributed by atoms with Crippen LogP contribution in [0.2, 0.25) is 0 Å². The van der Waals surface area contributed by atoms with Gasteiger partial charge in [-0.05, 0) is 48.7 Å². The molecule has 3 heteroatoms. The van der Waals surface area contributed by atoms with Gasteiger partial charge in [-0.3, -0.25) is 0 Å². The third-order valence-electron chi connectivity index (χ3n) is 2.88. The van der Waals surface area contributed by atoms with Gasteiger partial charge in [0.25, 0.3) is 0 Å². The molecule has 1 atom stereocenters. The second-order valence-electron chi connectivity index (χ2n) is 4.05. The van der Waals surface area contributed by atoms with E-state index >= 15 is 0 Å². The van der Waals surface area contributed by atoms with Crippen LogP contribution in [0.4, 0.5) is 0 Å². The molecule has 90 valence electrons. The summed E-state index contributed by atoms with van der Waals surface area (Å²) in [6.45, 7) is 4.12. The van der Waals surface area contributed by atoms with Gasteiger partial charge in [0.2, 0.25) is 0 Å². The lowest BCUT2D eigenvalue weighted by Gasteiger charge is -2.13. The highest BCUT2D eigenvalue weighted by Crippen LogP contribution is 2.36. The van der Waals surface area contributed by atoms with E-state index in [0.717, 1.165) is 17.1 Å². The highest BCUT2D eigenvalue weighted by molar-refractivity contribution is 9.09. The molecule has 2 rings (SSSR count). The first-order chi connectivity index (χ1) is 8.13. The lowest BCUT2D eigenvalue weighted by atomic mass is 10.0. The molecule has 0 spiro atoms. The van der Waals surface area contributed by atoms with Gasteiger partial charge in [0, 0.05) is 0 Å². The van der Waals surface area contributed by atoms with Crippen molar-refractivity contribution in [3.63, 3.8) is 0 Å². The lowest BCUT2D eigenvalue weighted by Crippen LogP contribution is -1.96. The van der Waals surface area contributed by atoms with Crippen LogP contribution in [-0.2, 0) is 0 Å². The Morgan fingerprint density at radius 1 is 1.18 bits per heavy atom. The van der Waals surface area contributed by atoms with Crippen LogP contribution in [0.25, 0.3) is 0 Å². The molecule has 0 saturated carbocycles. The van der Waals surface area contributed by atoms with E-state index in [1.54, 1.807) is 13.4 Å². The zero-order chi connectivity index (χ0) is 12.4. The predicted molar refractivity (Wildman–Crippen MR) is 71.9 cm³/mol. The molecule has 0 aliphatic carbocycles. The van der Waals surface area contributed by atoms with E-state index in [-0.39, 0.29) is 4.83 Å². The van der Waals surface area contributed by atoms with E-state index in [9.17, 15) is 0 Å². The molecular weight excluding hydrogens is 280 g/mol. The van der Waals surface area contributed by atoms with Crippen molar-refractivity contribution >= 4 is 15.9 Å². The molecule has 2 nitrogen and oxygen atoms in total. The van der Waals surface area contributed by atoms with E-state index in [2.05, 4.69) is 28.9 Å². The molecule has 0 aliphatic rings. The summed E-state index contributed by atoms with van der Waals surface area (Å²) >= 11 is 3.69. The second-order valence-corrected chi connectivity index (χ2v) is 4.97. The van der Waals surface area contributed by atoms with Crippen LogP contribution in [0.5, 0.6) is 5.75 Å². The summed E-state index contributed by atoms with van der Waals surface area (Å²) in [7, 11) is 1.68. The first-order valence-electron chi connectivity index (χ1n) is 5.46. The maximum Gasteiger partial charge on any atom is 0.124 e. The zero-order valence-corrected chi connectivity index (χ0v) is 11.7. The molecule has 0 N–H and O–H groups in total. The minimum atomic E-state index is 0.0865. The van der Waals surface area contributed by atoms with Crippen LogP contribution >= 0.6 is 15.9 Å². The molecule has 2 aromatic rings. The molecule has 0 radical (unpaired) electrons. The maximum atomic E-state index is 5.51. The number of halogens is 1. The molecule has 0 amide bonds. The van der Waals surface area contributed by atoms with Crippen LogP contribution in [0, 0.1) is 13.8 Å². The predicted octanol–water partition coefficient (Wildman–Crippen LogP) is 4.39. The summed E-state index contributed by atoms with van der Waals surface area (Å²) < 4.78 is 10.7. The highest BCUT2D eigenvalue weighted by atomic mass is 79.9. The Kier molecular flexibility index (Phi) is 3.57. The van der Waals surface area contributed by atoms with Gasteiger partial charge in [-0.1, -0.05) is 22.0 Å². The summed E-state index contributed by atoms with van der Waals surface area (Å²) in [5.41, 5.74) is 3.54. The summed E-state index contributed by atoms with van der Waals surface area (Å²) in [5.74, 6) is 1.83. The maximum absolute atomic E-state index is 5.51. The fourth-order valence-electron chi connectivity index (χ4n) is 1.84. The first-order valence-corrected chi connectivity index (χ1v) is 6.37. The molecule has 17 heavy (non-hydrogen) atoms.